The predicted molar refractivity (Wildman–Crippen MR) is 132 cm³/mol. The van der Waals surface area contributed by atoms with Crippen LogP contribution < -0.4 is 10.6 Å². The maximum atomic E-state index is 4.44. The van der Waals surface area contributed by atoms with E-state index in [1.54, 1.807) is 0 Å². The highest BCUT2D eigenvalue weighted by atomic mass is 127. The molecule has 0 bridgehead atoms. The van der Waals surface area contributed by atoms with Gasteiger partial charge in [-0.05, 0) is 50.9 Å². The van der Waals surface area contributed by atoms with Gasteiger partial charge in [0.15, 0.2) is 5.96 Å². The van der Waals surface area contributed by atoms with Crippen molar-refractivity contribution < 1.29 is 0 Å². The molecule has 0 spiro atoms. The summed E-state index contributed by atoms with van der Waals surface area (Å²) in [4.78, 5) is 9.45. The summed E-state index contributed by atoms with van der Waals surface area (Å²) in [5, 5.41) is 7.14. The molecule has 5 nitrogen and oxygen atoms in total. The zero-order valence-electron chi connectivity index (χ0n) is 18.4. The lowest BCUT2D eigenvalue weighted by atomic mass is 10.0. The van der Waals surface area contributed by atoms with Crippen LogP contribution in [0.15, 0.2) is 29.3 Å². The van der Waals surface area contributed by atoms with Crippen molar-refractivity contribution in [3.8, 4) is 0 Å². The van der Waals surface area contributed by atoms with Gasteiger partial charge in [-0.3, -0.25) is 9.89 Å². The molecule has 0 unspecified atom stereocenters. The first kappa shape index (κ1) is 25.2. The van der Waals surface area contributed by atoms with Crippen molar-refractivity contribution in [2.45, 2.75) is 65.7 Å². The Morgan fingerprint density at radius 2 is 1.75 bits per heavy atom. The molecule has 1 aliphatic rings. The molecule has 160 valence electrons. The Balaban J connectivity index is 0.00000392. The van der Waals surface area contributed by atoms with Crippen LogP contribution in [0.5, 0.6) is 0 Å². The van der Waals surface area contributed by atoms with E-state index in [-0.39, 0.29) is 24.0 Å². The van der Waals surface area contributed by atoms with E-state index in [4.69, 9.17) is 0 Å². The minimum atomic E-state index is 0. The topological polar surface area (TPSA) is 42.9 Å². The van der Waals surface area contributed by atoms with Gasteiger partial charge in [-0.1, -0.05) is 38.1 Å². The number of halogens is 1. The second-order valence-electron chi connectivity index (χ2n) is 7.70. The molecule has 0 amide bonds. The van der Waals surface area contributed by atoms with Gasteiger partial charge in [-0.25, -0.2) is 0 Å². The molecule has 0 aliphatic carbocycles. The number of rotatable bonds is 8. The molecule has 0 saturated carbocycles. The van der Waals surface area contributed by atoms with Gasteiger partial charge < -0.3 is 15.5 Å². The lowest BCUT2D eigenvalue weighted by Crippen LogP contribution is -2.49. The van der Waals surface area contributed by atoms with Crippen LogP contribution in [0, 0.1) is 0 Å². The smallest absolute Gasteiger partial charge is 0.191 e. The molecule has 1 fully saturated rings. The third-order valence-corrected chi connectivity index (χ3v) is 5.68. The molecular formula is C22H40IN5. The molecule has 28 heavy (non-hydrogen) atoms. The zero-order chi connectivity index (χ0) is 19.6. The molecule has 1 saturated heterocycles. The number of piperidine rings is 1. The molecule has 0 aromatic heterocycles. The van der Waals surface area contributed by atoms with Crippen molar-refractivity contribution in [1.29, 1.82) is 0 Å². The molecule has 2 rings (SSSR count). The summed E-state index contributed by atoms with van der Waals surface area (Å²) in [5.74, 6) is 0.913. The van der Waals surface area contributed by atoms with Crippen LogP contribution >= 0.6 is 24.0 Å². The number of guanidine groups is 1. The minimum Gasteiger partial charge on any atom is -0.354 e. The number of likely N-dealkylation sites (tertiary alicyclic amines) is 1. The van der Waals surface area contributed by atoms with Crippen LogP contribution in [-0.4, -0.2) is 61.1 Å². The van der Waals surface area contributed by atoms with Crippen molar-refractivity contribution in [3.05, 3.63) is 35.4 Å². The van der Waals surface area contributed by atoms with Crippen LogP contribution in [0.4, 0.5) is 0 Å². The van der Waals surface area contributed by atoms with E-state index in [9.17, 15) is 0 Å². The summed E-state index contributed by atoms with van der Waals surface area (Å²) in [6.07, 6.45) is 2.36. The van der Waals surface area contributed by atoms with E-state index in [0.717, 1.165) is 32.1 Å². The number of aliphatic imine (C=N–C) groups is 1. The first-order valence-corrected chi connectivity index (χ1v) is 10.6. The van der Waals surface area contributed by atoms with Crippen LogP contribution in [-0.2, 0) is 13.1 Å². The summed E-state index contributed by atoms with van der Waals surface area (Å²) in [6.45, 7) is 15.3. The fourth-order valence-electron chi connectivity index (χ4n) is 3.70. The Kier molecular flexibility index (Phi) is 12.0. The third kappa shape index (κ3) is 7.87. The Morgan fingerprint density at radius 1 is 1.14 bits per heavy atom. The fourth-order valence-corrected chi connectivity index (χ4v) is 3.70. The van der Waals surface area contributed by atoms with Gasteiger partial charge in [0.2, 0.25) is 0 Å². The highest BCUT2D eigenvalue weighted by Crippen LogP contribution is 2.14. The van der Waals surface area contributed by atoms with Crippen molar-refractivity contribution in [2.75, 3.05) is 33.2 Å². The average Bonchev–Trinajstić information content (AvgIpc) is 2.70. The van der Waals surface area contributed by atoms with Gasteiger partial charge in [0, 0.05) is 45.3 Å². The standard InChI is InChI=1S/C22H39N5.HI/c1-6-26(7-2)17-20-11-9-8-10-19(20)16-24-22(23-5)25-21-12-14-27(15-13-21)18(3)4;/h8-11,18,21H,6-7,12-17H2,1-5H3,(H2,23,24,25);1H. The lowest BCUT2D eigenvalue weighted by molar-refractivity contribution is 0.167. The normalized spacial score (nSPS) is 16.3. The highest BCUT2D eigenvalue weighted by molar-refractivity contribution is 14.0. The molecule has 1 aliphatic heterocycles. The lowest BCUT2D eigenvalue weighted by Gasteiger charge is -2.35. The van der Waals surface area contributed by atoms with E-state index in [2.05, 4.69) is 77.4 Å². The van der Waals surface area contributed by atoms with Gasteiger partial charge in [0.1, 0.15) is 0 Å². The summed E-state index contributed by atoms with van der Waals surface area (Å²) < 4.78 is 0. The summed E-state index contributed by atoms with van der Waals surface area (Å²) >= 11 is 0. The number of hydrogen-bond acceptors (Lipinski definition) is 3. The molecule has 1 aromatic carbocycles. The summed E-state index contributed by atoms with van der Waals surface area (Å²) in [5.41, 5.74) is 2.75. The quantitative estimate of drug-likeness (QED) is 0.324. The number of benzene rings is 1. The number of nitrogens with zero attached hydrogens (tertiary/aromatic N) is 3. The maximum absolute atomic E-state index is 4.44. The van der Waals surface area contributed by atoms with Gasteiger partial charge in [0.05, 0.1) is 0 Å². The summed E-state index contributed by atoms with van der Waals surface area (Å²) in [6, 6.07) is 9.88. The van der Waals surface area contributed by atoms with Gasteiger partial charge in [-0.15, -0.1) is 24.0 Å². The Hall–Kier alpha value is -0.860. The predicted octanol–water partition coefficient (Wildman–Crippen LogP) is 3.68. The molecule has 2 N–H and O–H groups in total. The summed E-state index contributed by atoms with van der Waals surface area (Å²) in [7, 11) is 1.86. The number of hydrogen-bond donors (Lipinski definition) is 2. The highest BCUT2D eigenvalue weighted by Gasteiger charge is 2.21. The maximum Gasteiger partial charge on any atom is 0.191 e. The first-order chi connectivity index (χ1) is 13.1. The van der Waals surface area contributed by atoms with E-state index in [1.807, 2.05) is 7.05 Å². The van der Waals surface area contributed by atoms with E-state index < -0.39 is 0 Å². The van der Waals surface area contributed by atoms with Crippen LogP contribution in [0.3, 0.4) is 0 Å². The molecule has 0 atom stereocenters. The van der Waals surface area contributed by atoms with Crippen molar-refractivity contribution in [3.63, 3.8) is 0 Å². The Labute approximate surface area is 189 Å². The van der Waals surface area contributed by atoms with E-state index in [0.29, 0.717) is 12.1 Å². The third-order valence-electron chi connectivity index (χ3n) is 5.68. The van der Waals surface area contributed by atoms with Crippen molar-refractivity contribution in [2.24, 2.45) is 4.99 Å². The minimum absolute atomic E-state index is 0. The van der Waals surface area contributed by atoms with E-state index in [1.165, 1.54) is 37.1 Å². The second-order valence-corrected chi connectivity index (χ2v) is 7.70. The van der Waals surface area contributed by atoms with Gasteiger partial charge in [0.25, 0.3) is 0 Å². The largest absolute Gasteiger partial charge is 0.354 e. The number of nitrogens with one attached hydrogen (secondary N) is 2. The van der Waals surface area contributed by atoms with E-state index >= 15 is 0 Å². The molecule has 1 heterocycles. The van der Waals surface area contributed by atoms with Crippen LogP contribution in [0.2, 0.25) is 0 Å². The first-order valence-electron chi connectivity index (χ1n) is 10.6. The molecular weight excluding hydrogens is 461 g/mol. The second kappa shape index (κ2) is 13.4. The Bertz CT molecular complexity index is 578. The van der Waals surface area contributed by atoms with Crippen molar-refractivity contribution >= 4 is 29.9 Å². The molecule has 0 radical (unpaired) electrons. The van der Waals surface area contributed by atoms with Crippen molar-refractivity contribution in [1.82, 2.24) is 20.4 Å². The Morgan fingerprint density at radius 3 is 2.29 bits per heavy atom. The van der Waals surface area contributed by atoms with Gasteiger partial charge in [-0.2, -0.15) is 0 Å². The van der Waals surface area contributed by atoms with Crippen LogP contribution in [0.1, 0.15) is 51.7 Å². The monoisotopic (exact) mass is 501 g/mol. The van der Waals surface area contributed by atoms with Gasteiger partial charge >= 0.3 is 0 Å². The zero-order valence-corrected chi connectivity index (χ0v) is 20.7. The van der Waals surface area contributed by atoms with Crippen LogP contribution in [0.25, 0.3) is 0 Å². The SMILES string of the molecule is CCN(CC)Cc1ccccc1CNC(=NC)NC1CCN(C(C)C)CC1.I. The average molecular weight is 502 g/mol. The molecule has 6 heteroatoms. The fraction of sp³-hybridized carbons (Fsp3) is 0.682. The molecule has 1 aromatic rings.